The maximum Gasteiger partial charge on any atom is 0.0462 e. The van der Waals surface area contributed by atoms with E-state index in [4.69, 9.17) is 0 Å². The molecule has 0 unspecified atom stereocenters. The fourth-order valence-corrected chi connectivity index (χ4v) is 12.3. The van der Waals surface area contributed by atoms with E-state index in [2.05, 4.69) is 452 Å². The normalized spacial score (nSPS) is 11.6. The van der Waals surface area contributed by atoms with Gasteiger partial charge in [-0.05, 0) is 203 Å². The van der Waals surface area contributed by atoms with Crippen LogP contribution >= 0.6 is 0 Å². The van der Waals surface area contributed by atoms with E-state index in [9.17, 15) is 0 Å². The summed E-state index contributed by atoms with van der Waals surface area (Å²) in [6.07, 6.45) is 30.6. The van der Waals surface area contributed by atoms with E-state index >= 15 is 0 Å². The van der Waals surface area contributed by atoms with Gasteiger partial charge < -0.3 is 9.80 Å². The predicted molar refractivity (Wildman–Crippen MR) is 444 cm³/mol. The monoisotopic (exact) mass is 1310 g/mol. The van der Waals surface area contributed by atoms with Crippen LogP contribution in [0.5, 0.6) is 0 Å². The quantitative estimate of drug-likeness (QED) is 0.0493. The summed E-state index contributed by atoms with van der Waals surface area (Å²) in [6.45, 7) is 12.8. The van der Waals surface area contributed by atoms with Crippen molar-refractivity contribution in [3.63, 3.8) is 0 Å². The van der Waals surface area contributed by atoms with Crippen molar-refractivity contribution in [2.45, 2.75) is 41.5 Å². The molecule has 0 fully saturated rings. The highest BCUT2D eigenvalue weighted by Gasteiger charge is 2.15. The zero-order valence-corrected chi connectivity index (χ0v) is 59.0. The maximum atomic E-state index is 2.32. The van der Waals surface area contributed by atoms with Gasteiger partial charge in [0.15, 0.2) is 0 Å². The Kier molecular flexibility index (Phi) is 21.9. The summed E-state index contributed by atoms with van der Waals surface area (Å²) < 4.78 is 0. The Balaban J connectivity index is 0.618. The van der Waals surface area contributed by atoms with Crippen molar-refractivity contribution in [2.75, 3.05) is 9.80 Å². The molecule has 0 heterocycles. The third kappa shape index (κ3) is 18.2. The van der Waals surface area contributed by atoms with E-state index in [1.807, 2.05) is 0 Å². The van der Waals surface area contributed by atoms with E-state index in [0.717, 1.165) is 89.8 Å². The van der Waals surface area contributed by atoms with Crippen molar-refractivity contribution >= 4 is 106 Å². The van der Waals surface area contributed by atoms with Crippen molar-refractivity contribution in [1.82, 2.24) is 0 Å². The lowest BCUT2D eigenvalue weighted by Gasteiger charge is -2.26. The zero-order chi connectivity index (χ0) is 70.0. The molecular weight excluding hydrogens is 1230 g/mol. The molecule has 102 heavy (non-hydrogen) atoms. The fraction of sp³-hybridized carbons (Fsp3) is 0.0600. The molecule has 0 N–H and O–H groups in total. The number of benzene rings is 13. The van der Waals surface area contributed by atoms with Gasteiger partial charge >= 0.3 is 0 Å². The Morgan fingerprint density at radius 2 is 0.304 bits per heavy atom. The molecule has 0 atom stereocenters. The van der Waals surface area contributed by atoms with Gasteiger partial charge in [-0.15, -0.1) is 0 Å². The van der Waals surface area contributed by atoms with Crippen LogP contribution in [0, 0.1) is 41.5 Å². The van der Waals surface area contributed by atoms with Gasteiger partial charge in [0.2, 0.25) is 0 Å². The van der Waals surface area contributed by atoms with Gasteiger partial charge in [0.1, 0.15) is 0 Å². The largest absolute Gasteiger partial charge is 0.311 e. The minimum atomic E-state index is 1.09. The maximum absolute atomic E-state index is 2.32. The van der Waals surface area contributed by atoms with Crippen LogP contribution in [0.25, 0.3) is 71.9 Å². The summed E-state index contributed by atoms with van der Waals surface area (Å²) in [4.78, 5) is 4.64. The second kappa shape index (κ2) is 32.8. The molecule has 0 amide bonds. The van der Waals surface area contributed by atoms with Gasteiger partial charge in [-0.1, -0.05) is 361 Å². The van der Waals surface area contributed by atoms with E-state index < -0.39 is 0 Å². The van der Waals surface area contributed by atoms with Crippen LogP contribution in [0.1, 0.15) is 111 Å². The topological polar surface area (TPSA) is 6.48 Å². The zero-order valence-electron chi connectivity index (χ0n) is 59.0. The number of nitrogens with zero attached hydrogens (tertiary/aromatic N) is 2. The Morgan fingerprint density at radius 1 is 0.167 bits per heavy atom. The molecular formula is C100H84N2. The number of anilines is 6. The molecule has 13 aromatic carbocycles. The highest BCUT2D eigenvalue weighted by molar-refractivity contribution is 5.86. The van der Waals surface area contributed by atoms with Gasteiger partial charge in [-0.3, -0.25) is 0 Å². The second-order valence-electron chi connectivity index (χ2n) is 26.4. The lowest BCUT2D eigenvalue weighted by Crippen LogP contribution is -2.09. The second-order valence-corrected chi connectivity index (χ2v) is 26.4. The van der Waals surface area contributed by atoms with Crippen LogP contribution in [0.4, 0.5) is 34.1 Å². The molecule has 0 spiro atoms. The predicted octanol–water partition coefficient (Wildman–Crippen LogP) is 27.4. The number of allylic oxidation sites excluding steroid dienone is 4. The van der Waals surface area contributed by atoms with Crippen molar-refractivity contribution in [2.24, 2.45) is 0 Å². The first kappa shape index (κ1) is 67.9. The lowest BCUT2D eigenvalue weighted by molar-refractivity contribution is 1.27. The average molecular weight is 1310 g/mol. The molecule has 2 heteroatoms. The minimum Gasteiger partial charge on any atom is -0.311 e. The van der Waals surface area contributed by atoms with Crippen LogP contribution in [-0.2, 0) is 0 Å². The van der Waals surface area contributed by atoms with Crippen molar-refractivity contribution in [3.8, 4) is 0 Å². The Bertz CT molecular complexity index is 4730. The molecule has 13 rings (SSSR count). The van der Waals surface area contributed by atoms with Crippen LogP contribution in [0.3, 0.4) is 0 Å². The van der Waals surface area contributed by atoms with Gasteiger partial charge in [-0.25, -0.2) is 0 Å². The summed E-state index contributed by atoms with van der Waals surface area (Å²) in [6, 6.07) is 114. The summed E-state index contributed by atoms with van der Waals surface area (Å²) in [5.41, 5.74) is 32.7. The minimum absolute atomic E-state index is 1.09. The Hall–Kier alpha value is -12.6. The van der Waals surface area contributed by atoms with Gasteiger partial charge in [-0.2, -0.15) is 0 Å². The summed E-state index contributed by atoms with van der Waals surface area (Å²) in [5, 5.41) is 0. The van der Waals surface area contributed by atoms with E-state index in [1.54, 1.807) is 0 Å². The number of hydrogen-bond donors (Lipinski definition) is 0. The smallest absolute Gasteiger partial charge is 0.0462 e. The molecule has 0 aliphatic carbocycles. The van der Waals surface area contributed by atoms with Crippen LogP contribution in [-0.4, -0.2) is 0 Å². The van der Waals surface area contributed by atoms with E-state index in [-0.39, 0.29) is 0 Å². The Morgan fingerprint density at radius 3 is 0.480 bits per heavy atom. The summed E-state index contributed by atoms with van der Waals surface area (Å²) >= 11 is 0. The SMILES string of the molecule is Cc1ccc(C(=C/C=C/c2ccc(/C=C/c3ccc(N(c4ccc(C)cc4)c4ccc(/C=C/c5ccc(/C=C/c6ccc(N(c7ccc(C)cc7)c7ccc(/C=C/c8ccc(/C=C/C=C(c9ccc(C)cc9)c9ccc(C)cc9)cc8)cc7)cc6)cc5)cc4)cc3)cc2)c2ccc(C)cc2)cc1. The molecule has 13 aromatic rings. The first-order valence-electron chi connectivity index (χ1n) is 35.2. The van der Waals surface area contributed by atoms with Gasteiger partial charge in [0.05, 0.1) is 0 Å². The van der Waals surface area contributed by atoms with Gasteiger partial charge in [0, 0.05) is 34.1 Å². The molecule has 0 aliphatic heterocycles. The average Bonchev–Trinajstić information content (AvgIpc) is 0.786. The Labute approximate surface area is 604 Å². The van der Waals surface area contributed by atoms with Crippen LogP contribution < -0.4 is 9.80 Å². The first-order valence-corrected chi connectivity index (χ1v) is 35.2. The molecule has 0 bridgehead atoms. The molecule has 0 aromatic heterocycles. The summed E-state index contributed by atoms with van der Waals surface area (Å²) in [5.74, 6) is 0. The third-order valence-electron chi connectivity index (χ3n) is 18.4. The molecule has 0 aliphatic rings. The highest BCUT2D eigenvalue weighted by Crippen LogP contribution is 2.38. The number of rotatable bonds is 22. The third-order valence-corrected chi connectivity index (χ3v) is 18.4. The molecule has 2 nitrogen and oxygen atoms in total. The molecule has 0 saturated heterocycles. The molecule has 0 radical (unpaired) electrons. The van der Waals surface area contributed by atoms with E-state index in [1.165, 1.54) is 66.8 Å². The van der Waals surface area contributed by atoms with Crippen molar-refractivity contribution in [1.29, 1.82) is 0 Å². The first-order chi connectivity index (χ1) is 49.9. The highest BCUT2D eigenvalue weighted by atomic mass is 15.1. The lowest BCUT2D eigenvalue weighted by atomic mass is 9.96. The molecule has 494 valence electrons. The van der Waals surface area contributed by atoms with Crippen LogP contribution in [0.15, 0.2) is 340 Å². The van der Waals surface area contributed by atoms with E-state index in [0.29, 0.717) is 0 Å². The molecule has 0 saturated carbocycles. The van der Waals surface area contributed by atoms with Crippen LogP contribution in [0.2, 0.25) is 0 Å². The fourth-order valence-electron chi connectivity index (χ4n) is 12.3. The standard InChI is InChI=1S/C100H84N2/c1-73-13-53-89(54-14-73)99(90-55-15-74(2)16-56-90)11-7-9-79-25-29-81(30-26-79)37-41-85-45-65-95(66-46-85)101(93-61-21-77(5)22-62-93)97-69-49-87(50-70-97)43-39-83-33-35-84(36-34-83)40-44-88-51-71-98(72-52-88)102(94-63-23-78(6)24-64-94)96-67-47-86(48-68-96)42-38-82-31-27-80(28-32-82)10-8-12-100(91-57-17-75(3)18-58-91)92-59-19-76(4)20-60-92/h7-72H,1-6H3/b9-7+,10-8+,41-37+,42-38+,43-39+,44-40+. The number of hydrogen-bond acceptors (Lipinski definition) is 2. The number of aryl methyl sites for hydroxylation is 6. The van der Waals surface area contributed by atoms with Gasteiger partial charge in [0.25, 0.3) is 0 Å². The summed E-state index contributed by atoms with van der Waals surface area (Å²) in [7, 11) is 0. The van der Waals surface area contributed by atoms with Crippen molar-refractivity contribution < 1.29 is 0 Å². The van der Waals surface area contributed by atoms with Crippen molar-refractivity contribution in [3.05, 3.63) is 451 Å².